The van der Waals surface area contributed by atoms with Crippen LogP contribution in [0.15, 0.2) is 0 Å². The zero-order valence-corrected chi connectivity index (χ0v) is 9.51. The first-order valence-electron chi connectivity index (χ1n) is 5.03. The predicted octanol–water partition coefficient (Wildman–Crippen LogP) is 1.00. The molecule has 0 bridgehead atoms. The van der Waals surface area contributed by atoms with Gasteiger partial charge >= 0.3 is 0 Å². The molecule has 1 aliphatic heterocycles. The van der Waals surface area contributed by atoms with Crippen LogP contribution < -0.4 is 0 Å². The normalized spacial score (nSPS) is 26.0. The smallest absolute Gasteiger partial charge is 0.195 e. The second-order valence-corrected chi connectivity index (χ2v) is 4.48. The molecule has 0 aliphatic carbocycles. The Balaban J connectivity index is 2.22. The van der Waals surface area contributed by atoms with E-state index in [2.05, 4.69) is 17.1 Å². The summed E-state index contributed by atoms with van der Waals surface area (Å²) in [5.74, 6) is 0.566. The van der Waals surface area contributed by atoms with E-state index >= 15 is 0 Å². The van der Waals surface area contributed by atoms with E-state index in [1.807, 2.05) is 0 Å². The van der Waals surface area contributed by atoms with Gasteiger partial charge in [-0.15, -0.1) is 0 Å². The second kappa shape index (κ2) is 4.03. The summed E-state index contributed by atoms with van der Waals surface area (Å²) in [6.07, 6.45) is 2.10. The Morgan fingerprint density at radius 1 is 1.73 bits per heavy atom. The van der Waals surface area contributed by atoms with Crippen LogP contribution >= 0.6 is 12.2 Å². The van der Waals surface area contributed by atoms with Crippen LogP contribution in [0.25, 0.3) is 0 Å². The molecule has 1 aromatic heterocycles. The number of aliphatic hydroxyl groups excluding tert-OH is 1. The zero-order valence-electron chi connectivity index (χ0n) is 8.69. The lowest BCUT2D eigenvalue weighted by atomic mass is 10.0. The third-order valence-corrected chi connectivity index (χ3v) is 3.08. The minimum Gasteiger partial charge on any atom is -0.388 e. The highest BCUT2D eigenvalue weighted by atomic mass is 32.1. The standard InChI is InChI=1S/C9H15N3O2S/c1-9(3-2-4-14-9)6-12-7(5-13)10-11-8(12)15/h13H,2-6H2,1H3,(H,11,15). The highest BCUT2D eigenvalue weighted by Gasteiger charge is 2.31. The molecule has 0 amide bonds. The molecule has 1 unspecified atom stereocenters. The van der Waals surface area contributed by atoms with Gasteiger partial charge in [-0.25, -0.2) is 0 Å². The Bertz CT molecular complexity index is 392. The molecule has 6 heteroatoms. The average Bonchev–Trinajstić information content (AvgIpc) is 2.76. The van der Waals surface area contributed by atoms with Crippen molar-refractivity contribution < 1.29 is 9.84 Å². The molecule has 2 heterocycles. The van der Waals surface area contributed by atoms with Gasteiger partial charge in [0, 0.05) is 6.61 Å². The van der Waals surface area contributed by atoms with Crippen molar-refractivity contribution in [1.82, 2.24) is 14.8 Å². The van der Waals surface area contributed by atoms with E-state index in [0.717, 1.165) is 19.4 Å². The Kier molecular flexibility index (Phi) is 2.90. The van der Waals surface area contributed by atoms with E-state index in [0.29, 0.717) is 17.1 Å². The van der Waals surface area contributed by atoms with E-state index in [1.54, 1.807) is 4.57 Å². The topological polar surface area (TPSA) is 63.1 Å². The Labute approximate surface area is 93.1 Å². The van der Waals surface area contributed by atoms with Crippen LogP contribution in [0, 0.1) is 4.77 Å². The number of nitrogens with one attached hydrogen (secondary N) is 1. The maximum absolute atomic E-state index is 9.10. The van der Waals surface area contributed by atoms with Crippen LogP contribution in [-0.2, 0) is 17.9 Å². The summed E-state index contributed by atoms with van der Waals surface area (Å²) in [6, 6.07) is 0. The van der Waals surface area contributed by atoms with Gasteiger partial charge in [0.1, 0.15) is 6.61 Å². The van der Waals surface area contributed by atoms with Crippen molar-refractivity contribution in [3.8, 4) is 0 Å². The van der Waals surface area contributed by atoms with Gasteiger partial charge in [-0.2, -0.15) is 5.10 Å². The number of ether oxygens (including phenoxy) is 1. The fourth-order valence-electron chi connectivity index (χ4n) is 1.93. The zero-order chi connectivity index (χ0) is 10.9. The first kappa shape index (κ1) is 10.8. The van der Waals surface area contributed by atoms with Gasteiger partial charge < -0.3 is 9.84 Å². The number of hydrogen-bond donors (Lipinski definition) is 2. The van der Waals surface area contributed by atoms with E-state index in [1.165, 1.54) is 0 Å². The number of nitrogens with zero attached hydrogens (tertiary/aromatic N) is 2. The highest BCUT2D eigenvalue weighted by molar-refractivity contribution is 7.71. The highest BCUT2D eigenvalue weighted by Crippen LogP contribution is 2.27. The van der Waals surface area contributed by atoms with Crippen molar-refractivity contribution in [2.75, 3.05) is 6.61 Å². The van der Waals surface area contributed by atoms with Crippen LogP contribution in [-0.4, -0.2) is 32.1 Å². The molecule has 84 valence electrons. The third kappa shape index (κ3) is 2.11. The summed E-state index contributed by atoms with van der Waals surface area (Å²) >= 11 is 5.10. The fraction of sp³-hybridized carbons (Fsp3) is 0.778. The van der Waals surface area contributed by atoms with E-state index < -0.39 is 0 Å². The van der Waals surface area contributed by atoms with Crippen molar-refractivity contribution in [2.45, 2.75) is 38.5 Å². The van der Waals surface area contributed by atoms with Crippen molar-refractivity contribution in [2.24, 2.45) is 0 Å². The molecule has 15 heavy (non-hydrogen) atoms. The predicted molar refractivity (Wildman–Crippen MR) is 56.9 cm³/mol. The molecule has 5 nitrogen and oxygen atoms in total. The van der Waals surface area contributed by atoms with E-state index in [4.69, 9.17) is 22.1 Å². The van der Waals surface area contributed by atoms with Crippen LogP contribution in [0.5, 0.6) is 0 Å². The van der Waals surface area contributed by atoms with Crippen molar-refractivity contribution in [1.29, 1.82) is 0 Å². The van der Waals surface area contributed by atoms with Crippen LogP contribution in [0.2, 0.25) is 0 Å². The van der Waals surface area contributed by atoms with E-state index in [9.17, 15) is 0 Å². The SMILES string of the molecule is CC1(Cn2c(CO)n[nH]c2=S)CCCO1. The Hall–Kier alpha value is -0.720. The first-order chi connectivity index (χ1) is 7.14. The summed E-state index contributed by atoms with van der Waals surface area (Å²) in [5.41, 5.74) is -0.175. The maximum atomic E-state index is 9.10. The molecule has 0 radical (unpaired) electrons. The summed E-state index contributed by atoms with van der Waals surface area (Å²) < 4.78 is 8.02. The number of aromatic nitrogens is 3. The molecule has 1 aliphatic rings. The lowest BCUT2D eigenvalue weighted by Gasteiger charge is -2.23. The molecule has 0 spiro atoms. The Morgan fingerprint density at radius 2 is 2.53 bits per heavy atom. The van der Waals surface area contributed by atoms with Gasteiger partial charge in [0.15, 0.2) is 10.6 Å². The second-order valence-electron chi connectivity index (χ2n) is 4.09. The molecule has 0 saturated carbocycles. The lowest BCUT2D eigenvalue weighted by Crippen LogP contribution is -2.30. The molecule has 1 atom stereocenters. The summed E-state index contributed by atoms with van der Waals surface area (Å²) in [4.78, 5) is 0. The molecule has 2 rings (SSSR count). The molecule has 1 aromatic rings. The van der Waals surface area contributed by atoms with Gasteiger partial charge in [0.2, 0.25) is 0 Å². The quantitative estimate of drug-likeness (QED) is 0.759. The number of aliphatic hydroxyl groups is 1. The number of aromatic amines is 1. The first-order valence-corrected chi connectivity index (χ1v) is 5.44. The van der Waals surface area contributed by atoms with E-state index in [-0.39, 0.29) is 12.2 Å². The van der Waals surface area contributed by atoms with Crippen molar-refractivity contribution in [3.63, 3.8) is 0 Å². The molecular formula is C9H15N3O2S. The Morgan fingerprint density at radius 3 is 3.13 bits per heavy atom. The van der Waals surface area contributed by atoms with Gasteiger partial charge in [-0.05, 0) is 32.0 Å². The number of rotatable bonds is 3. The largest absolute Gasteiger partial charge is 0.388 e. The summed E-state index contributed by atoms with van der Waals surface area (Å²) in [5, 5.41) is 15.7. The molecule has 0 aromatic carbocycles. The van der Waals surface area contributed by atoms with Gasteiger partial charge in [-0.1, -0.05) is 0 Å². The third-order valence-electron chi connectivity index (χ3n) is 2.77. The number of H-pyrrole nitrogens is 1. The minimum absolute atomic E-state index is 0.108. The van der Waals surface area contributed by atoms with Crippen LogP contribution in [0.4, 0.5) is 0 Å². The lowest BCUT2D eigenvalue weighted by molar-refractivity contribution is 0.00465. The monoisotopic (exact) mass is 229 g/mol. The average molecular weight is 229 g/mol. The van der Waals surface area contributed by atoms with Crippen molar-refractivity contribution >= 4 is 12.2 Å². The molecule has 1 fully saturated rings. The molecular weight excluding hydrogens is 214 g/mol. The number of hydrogen-bond acceptors (Lipinski definition) is 4. The fourth-order valence-corrected chi connectivity index (χ4v) is 2.15. The van der Waals surface area contributed by atoms with Crippen LogP contribution in [0.3, 0.4) is 0 Å². The van der Waals surface area contributed by atoms with Gasteiger partial charge in [0.25, 0.3) is 0 Å². The minimum atomic E-state index is -0.175. The maximum Gasteiger partial charge on any atom is 0.195 e. The molecule has 2 N–H and O–H groups in total. The van der Waals surface area contributed by atoms with Crippen LogP contribution in [0.1, 0.15) is 25.6 Å². The summed E-state index contributed by atoms with van der Waals surface area (Å²) in [7, 11) is 0. The van der Waals surface area contributed by atoms with Crippen molar-refractivity contribution in [3.05, 3.63) is 10.6 Å². The summed E-state index contributed by atoms with van der Waals surface area (Å²) in [6.45, 7) is 3.41. The van der Waals surface area contributed by atoms with Gasteiger partial charge in [0.05, 0.1) is 12.1 Å². The molecule has 1 saturated heterocycles. The van der Waals surface area contributed by atoms with Gasteiger partial charge in [-0.3, -0.25) is 9.67 Å².